The van der Waals surface area contributed by atoms with Crippen molar-refractivity contribution in [2.75, 3.05) is 14.2 Å². The highest BCUT2D eigenvalue weighted by atomic mass is 16.5. The second kappa shape index (κ2) is 6.52. The molecule has 0 radical (unpaired) electrons. The number of Topliss-reactive ketones (excluding diaryl/α,β-unsaturated/α-hetero) is 2. The van der Waals surface area contributed by atoms with Gasteiger partial charge in [-0.2, -0.15) is 0 Å². The normalized spacial score (nSPS) is 13.4. The number of hydrogen-bond donors (Lipinski definition) is 2. The van der Waals surface area contributed by atoms with E-state index in [1.165, 1.54) is 32.4 Å². The number of pyridine rings is 2. The monoisotopic (exact) mass is 369 g/mol. The number of ether oxygens (including phenoxy) is 2. The van der Waals surface area contributed by atoms with Gasteiger partial charge in [-0.15, -0.1) is 0 Å². The zero-order valence-electron chi connectivity index (χ0n) is 14.7. The van der Waals surface area contributed by atoms with Crippen molar-refractivity contribution in [3.05, 3.63) is 52.0 Å². The Hall–Kier alpha value is -3.75. The topological polar surface area (TPSA) is 142 Å². The van der Waals surface area contributed by atoms with Gasteiger partial charge >= 0.3 is 5.97 Å². The van der Waals surface area contributed by atoms with Crippen molar-refractivity contribution in [3.8, 4) is 17.3 Å². The third kappa shape index (κ3) is 2.78. The molecule has 9 nitrogen and oxygen atoms in total. The average Bonchev–Trinajstić information content (AvgIpc) is 2.66. The van der Waals surface area contributed by atoms with Crippen LogP contribution in [0.15, 0.2) is 29.7 Å². The number of aryl methyl sites for hydroxylation is 1. The molecule has 1 aliphatic rings. The number of nitrogens with two attached hydrogens (primary N) is 1. The molecule has 3 N–H and O–H groups in total. The molecule has 0 unspecified atom stereocenters. The number of carbonyl (C=O) groups excluding carboxylic acids is 2. The van der Waals surface area contributed by atoms with Crippen molar-refractivity contribution < 1.29 is 29.0 Å². The maximum atomic E-state index is 12.5. The molecule has 0 bridgehead atoms. The lowest BCUT2D eigenvalue weighted by molar-refractivity contribution is 0.0692. The van der Waals surface area contributed by atoms with Crippen molar-refractivity contribution in [1.82, 2.24) is 9.97 Å². The molecule has 0 fully saturated rings. The molecule has 9 heteroatoms. The van der Waals surface area contributed by atoms with Crippen molar-refractivity contribution >= 4 is 17.5 Å². The summed E-state index contributed by atoms with van der Waals surface area (Å²) < 4.78 is 9.95. The number of methoxy groups -OCH3 is 2. The fourth-order valence-electron chi connectivity index (χ4n) is 2.79. The number of carboxylic acid groups (broad SMARTS) is 1. The third-order valence-corrected chi connectivity index (χ3v) is 4.10. The van der Waals surface area contributed by atoms with Crippen molar-refractivity contribution in [2.45, 2.75) is 6.92 Å². The van der Waals surface area contributed by atoms with E-state index in [4.69, 9.17) is 15.2 Å². The van der Waals surface area contributed by atoms with E-state index in [0.29, 0.717) is 11.3 Å². The minimum absolute atomic E-state index is 0.0709. The van der Waals surface area contributed by atoms with Crippen LogP contribution in [0.1, 0.15) is 36.8 Å². The van der Waals surface area contributed by atoms with E-state index < -0.39 is 17.5 Å². The van der Waals surface area contributed by atoms with Gasteiger partial charge in [0.25, 0.3) is 0 Å². The molecule has 2 aromatic rings. The predicted molar refractivity (Wildman–Crippen MR) is 92.6 cm³/mol. The number of allylic oxidation sites excluding steroid dienone is 2. The molecule has 2 heterocycles. The van der Waals surface area contributed by atoms with Gasteiger partial charge in [-0.25, -0.2) is 14.8 Å². The van der Waals surface area contributed by atoms with E-state index in [9.17, 15) is 19.5 Å². The predicted octanol–water partition coefficient (Wildman–Crippen LogP) is 1.35. The third-order valence-electron chi connectivity index (χ3n) is 4.10. The lowest BCUT2D eigenvalue weighted by atomic mass is 9.95. The van der Waals surface area contributed by atoms with E-state index in [1.54, 1.807) is 6.92 Å². The fraction of sp³-hybridized carbons (Fsp3) is 0.167. The first-order valence-corrected chi connectivity index (χ1v) is 7.73. The van der Waals surface area contributed by atoms with E-state index in [1.807, 2.05) is 0 Å². The van der Waals surface area contributed by atoms with Crippen molar-refractivity contribution in [1.29, 1.82) is 0 Å². The van der Waals surface area contributed by atoms with E-state index in [2.05, 4.69) is 9.97 Å². The number of rotatable bonds is 4. The summed E-state index contributed by atoms with van der Waals surface area (Å²) in [6, 6.07) is 4.34. The van der Waals surface area contributed by atoms with Crippen LogP contribution in [0, 0.1) is 6.92 Å². The van der Waals surface area contributed by atoms with Crippen LogP contribution in [0.4, 0.5) is 0 Å². The maximum absolute atomic E-state index is 12.5. The van der Waals surface area contributed by atoms with Crippen LogP contribution >= 0.6 is 0 Å². The molecular formula is C18H15N3O6. The number of ketones is 2. The van der Waals surface area contributed by atoms with Crippen LogP contribution in [-0.2, 0) is 4.74 Å². The highest BCUT2D eigenvalue weighted by Gasteiger charge is 2.33. The van der Waals surface area contributed by atoms with Gasteiger partial charge in [0.2, 0.25) is 17.4 Å². The number of carboxylic acids is 1. The summed E-state index contributed by atoms with van der Waals surface area (Å²) in [6.45, 7) is 1.65. The first kappa shape index (κ1) is 18.1. The van der Waals surface area contributed by atoms with Crippen molar-refractivity contribution in [2.24, 2.45) is 5.73 Å². The van der Waals surface area contributed by atoms with Crippen molar-refractivity contribution in [3.63, 3.8) is 0 Å². The minimum Gasteiger partial charge on any atom is -0.491 e. The highest BCUT2D eigenvalue weighted by molar-refractivity contribution is 6.25. The van der Waals surface area contributed by atoms with Gasteiger partial charge in [-0.1, -0.05) is 0 Å². The van der Waals surface area contributed by atoms with Gasteiger partial charge in [0.1, 0.15) is 17.0 Å². The SMILES string of the molecule is COC1=C(N)C(=O)c2nc(-c3nc(OC)c(C(=O)O)cc3C)ccc2C1=O. The van der Waals surface area contributed by atoms with Crippen LogP contribution in [0.5, 0.6) is 5.88 Å². The molecule has 1 aliphatic carbocycles. The maximum Gasteiger partial charge on any atom is 0.341 e. The minimum atomic E-state index is -1.18. The molecular weight excluding hydrogens is 354 g/mol. The molecule has 0 atom stereocenters. The van der Waals surface area contributed by atoms with Gasteiger partial charge in [-0.05, 0) is 30.7 Å². The van der Waals surface area contributed by atoms with Crippen LogP contribution in [0.2, 0.25) is 0 Å². The summed E-state index contributed by atoms with van der Waals surface area (Å²) in [4.78, 5) is 44.6. The van der Waals surface area contributed by atoms with E-state index in [-0.39, 0.29) is 39.9 Å². The molecule has 0 saturated carbocycles. The second-order valence-corrected chi connectivity index (χ2v) is 5.71. The van der Waals surface area contributed by atoms with Gasteiger partial charge < -0.3 is 20.3 Å². The van der Waals surface area contributed by atoms with Gasteiger partial charge in [-0.3, -0.25) is 9.59 Å². The Balaban J connectivity index is 2.17. The van der Waals surface area contributed by atoms with Crippen LogP contribution in [-0.4, -0.2) is 46.8 Å². The van der Waals surface area contributed by atoms with Gasteiger partial charge in [0.05, 0.1) is 31.2 Å². The molecule has 0 amide bonds. The number of aromatic carboxylic acids is 1. The Kier molecular flexibility index (Phi) is 4.36. The molecule has 2 aromatic heterocycles. The van der Waals surface area contributed by atoms with Crippen LogP contribution in [0.25, 0.3) is 11.4 Å². The summed E-state index contributed by atoms with van der Waals surface area (Å²) in [6.07, 6.45) is 0. The molecule has 0 saturated heterocycles. The average molecular weight is 369 g/mol. The standard InChI is InChI=1S/C18H15N3O6/c1-7-6-9(18(24)25)17(27-3)21-12(7)10-5-4-8-13(20-10)15(23)11(19)16(26-2)14(8)22/h4-6H,19H2,1-3H3,(H,24,25). The summed E-state index contributed by atoms with van der Waals surface area (Å²) in [5.74, 6) is -2.66. The number of carbonyl (C=O) groups is 3. The lowest BCUT2D eigenvalue weighted by Gasteiger charge is -2.17. The molecule has 0 aliphatic heterocycles. The first-order valence-electron chi connectivity index (χ1n) is 7.73. The molecule has 3 rings (SSSR count). The zero-order valence-corrected chi connectivity index (χ0v) is 14.7. The summed E-state index contributed by atoms with van der Waals surface area (Å²) in [5.41, 5.74) is 6.35. The number of fused-ring (bicyclic) bond motifs is 1. The summed E-state index contributed by atoms with van der Waals surface area (Å²) in [5, 5.41) is 9.23. The Labute approximate surface area is 153 Å². The first-order chi connectivity index (χ1) is 12.8. The summed E-state index contributed by atoms with van der Waals surface area (Å²) in [7, 11) is 2.55. The highest BCUT2D eigenvalue weighted by Crippen LogP contribution is 2.29. The largest absolute Gasteiger partial charge is 0.491 e. The van der Waals surface area contributed by atoms with Gasteiger partial charge in [0, 0.05) is 0 Å². The smallest absolute Gasteiger partial charge is 0.341 e. The zero-order chi connectivity index (χ0) is 19.9. The second-order valence-electron chi connectivity index (χ2n) is 5.71. The van der Waals surface area contributed by atoms with E-state index >= 15 is 0 Å². The summed E-state index contributed by atoms with van der Waals surface area (Å²) >= 11 is 0. The number of aromatic nitrogens is 2. The Morgan fingerprint density at radius 3 is 2.37 bits per heavy atom. The number of hydrogen-bond acceptors (Lipinski definition) is 8. The lowest BCUT2D eigenvalue weighted by Crippen LogP contribution is -2.28. The molecule has 0 aromatic carbocycles. The molecule has 0 spiro atoms. The Morgan fingerprint density at radius 2 is 1.78 bits per heavy atom. The molecule has 138 valence electrons. The van der Waals surface area contributed by atoms with E-state index in [0.717, 1.165) is 0 Å². The molecule has 27 heavy (non-hydrogen) atoms. The number of nitrogens with zero attached hydrogens (tertiary/aromatic N) is 2. The fourth-order valence-corrected chi connectivity index (χ4v) is 2.79. The van der Waals surface area contributed by atoms with Crippen LogP contribution < -0.4 is 10.5 Å². The quantitative estimate of drug-likeness (QED) is 0.816. The Morgan fingerprint density at radius 1 is 1.07 bits per heavy atom. The van der Waals surface area contributed by atoms with Crippen LogP contribution in [0.3, 0.4) is 0 Å². The van der Waals surface area contributed by atoms with Gasteiger partial charge in [0.15, 0.2) is 5.76 Å². The Bertz CT molecular complexity index is 1040.